The molecular formula is C29H37ClN8O2. The van der Waals surface area contributed by atoms with E-state index in [-0.39, 0.29) is 18.6 Å². The van der Waals surface area contributed by atoms with Crippen LogP contribution in [-0.2, 0) is 29.1 Å². The van der Waals surface area contributed by atoms with Gasteiger partial charge in [0.05, 0.1) is 5.69 Å². The number of aromatic amines is 1. The topological polar surface area (TPSA) is 137 Å². The lowest BCUT2D eigenvalue weighted by Crippen LogP contribution is -2.35. The van der Waals surface area contributed by atoms with Crippen LogP contribution >= 0.6 is 11.6 Å². The Labute approximate surface area is 239 Å². The molecule has 0 amide bonds. The van der Waals surface area contributed by atoms with Crippen molar-refractivity contribution in [3.63, 3.8) is 0 Å². The molecule has 0 saturated carbocycles. The molecule has 0 unspecified atom stereocenters. The number of nitrogens with two attached hydrogens (primary N) is 1. The SMILES string of the molecule is CCCCc1nc(Cl)c(COC(=O)[C@@H](CCCCN)NC)n1Cc1ccc(-c2ccccc2-c2nn[nH]n2)cc1. The van der Waals surface area contributed by atoms with Gasteiger partial charge in [0.25, 0.3) is 0 Å². The van der Waals surface area contributed by atoms with Crippen molar-refractivity contribution in [3.05, 3.63) is 70.8 Å². The molecule has 4 N–H and O–H groups in total. The molecule has 4 rings (SSSR count). The van der Waals surface area contributed by atoms with Gasteiger partial charge in [-0.15, -0.1) is 10.2 Å². The fourth-order valence-corrected chi connectivity index (χ4v) is 4.90. The highest BCUT2D eigenvalue weighted by Crippen LogP contribution is 2.30. The molecule has 2 heterocycles. The van der Waals surface area contributed by atoms with Crippen LogP contribution in [0.25, 0.3) is 22.5 Å². The van der Waals surface area contributed by atoms with E-state index in [0.717, 1.165) is 60.2 Å². The summed E-state index contributed by atoms with van der Waals surface area (Å²) in [6.07, 6.45) is 5.21. The maximum Gasteiger partial charge on any atom is 0.323 e. The zero-order chi connectivity index (χ0) is 28.3. The number of esters is 1. The van der Waals surface area contributed by atoms with Crippen LogP contribution in [0.3, 0.4) is 0 Å². The number of ether oxygens (including phenoxy) is 1. The molecule has 0 aliphatic carbocycles. The number of hydrogen-bond donors (Lipinski definition) is 3. The number of H-pyrrole nitrogens is 1. The number of aryl methyl sites for hydroxylation is 1. The summed E-state index contributed by atoms with van der Waals surface area (Å²) >= 11 is 6.59. The Kier molecular flexibility index (Phi) is 10.8. The number of carbonyl (C=O) groups excluding carboxylic acids is 1. The minimum absolute atomic E-state index is 0.0576. The van der Waals surface area contributed by atoms with Crippen molar-refractivity contribution < 1.29 is 9.53 Å². The maximum atomic E-state index is 12.8. The van der Waals surface area contributed by atoms with Gasteiger partial charge >= 0.3 is 5.97 Å². The number of tetrazole rings is 1. The zero-order valence-electron chi connectivity index (χ0n) is 23.1. The largest absolute Gasteiger partial charge is 0.458 e. The van der Waals surface area contributed by atoms with Crippen LogP contribution in [-0.4, -0.2) is 55.8 Å². The Morgan fingerprint density at radius 3 is 2.58 bits per heavy atom. The van der Waals surface area contributed by atoms with Crippen LogP contribution in [0.2, 0.25) is 5.15 Å². The second kappa shape index (κ2) is 14.7. The number of hydrogen-bond acceptors (Lipinski definition) is 8. The van der Waals surface area contributed by atoms with Gasteiger partial charge in [0, 0.05) is 18.5 Å². The highest BCUT2D eigenvalue weighted by atomic mass is 35.5. The third kappa shape index (κ3) is 7.32. The van der Waals surface area contributed by atoms with E-state index in [1.165, 1.54) is 0 Å². The monoisotopic (exact) mass is 564 g/mol. The molecule has 0 aliphatic heterocycles. The first kappa shape index (κ1) is 29.4. The van der Waals surface area contributed by atoms with Crippen molar-refractivity contribution in [1.82, 2.24) is 35.5 Å². The highest BCUT2D eigenvalue weighted by Gasteiger charge is 2.21. The molecule has 2 aromatic carbocycles. The average molecular weight is 565 g/mol. The summed E-state index contributed by atoms with van der Waals surface area (Å²) in [6, 6.07) is 15.9. The normalized spacial score (nSPS) is 12.0. The molecule has 0 fully saturated rings. The third-order valence-electron chi connectivity index (χ3n) is 6.91. The molecule has 0 spiro atoms. The Balaban J connectivity index is 1.53. The number of halogens is 1. The first-order valence-corrected chi connectivity index (χ1v) is 14.1. The Hall–Kier alpha value is -3.60. The minimum atomic E-state index is -0.385. The summed E-state index contributed by atoms with van der Waals surface area (Å²) in [5.41, 5.74) is 10.3. The van der Waals surface area contributed by atoms with Crippen LogP contribution in [0.1, 0.15) is 56.1 Å². The van der Waals surface area contributed by atoms with Gasteiger partial charge in [0.15, 0.2) is 5.15 Å². The van der Waals surface area contributed by atoms with Crippen LogP contribution in [0, 0.1) is 0 Å². The molecule has 0 radical (unpaired) electrons. The number of imidazole rings is 1. The van der Waals surface area contributed by atoms with Crippen molar-refractivity contribution in [2.24, 2.45) is 5.73 Å². The number of benzene rings is 2. The number of aromatic nitrogens is 6. The number of unbranched alkanes of at least 4 members (excludes halogenated alkanes) is 2. The lowest BCUT2D eigenvalue weighted by Gasteiger charge is -2.17. The number of nitrogens with one attached hydrogen (secondary N) is 2. The van der Waals surface area contributed by atoms with Gasteiger partial charge in [-0.2, -0.15) is 5.21 Å². The Bertz CT molecular complexity index is 1360. The van der Waals surface area contributed by atoms with Gasteiger partial charge in [0.1, 0.15) is 18.5 Å². The molecule has 212 valence electrons. The van der Waals surface area contributed by atoms with E-state index in [9.17, 15) is 4.79 Å². The van der Waals surface area contributed by atoms with E-state index < -0.39 is 0 Å². The van der Waals surface area contributed by atoms with Crippen molar-refractivity contribution in [2.75, 3.05) is 13.6 Å². The van der Waals surface area contributed by atoms with E-state index >= 15 is 0 Å². The van der Waals surface area contributed by atoms with Gasteiger partial charge in [-0.05, 0) is 54.8 Å². The number of likely N-dealkylation sites (N-methyl/N-ethyl adjacent to an activating group) is 1. The smallest absolute Gasteiger partial charge is 0.323 e. The molecule has 10 nitrogen and oxygen atoms in total. The quantitative estimate of drug-likeness (QED) is 0.141. The molecule has 2 aromatic heterocycles. The number of nitrogens with zero attached hydrogens (tertiary/aromatic N) is 5. The molecule has 0 bridgehead atoms. The predicted molar refractivity (Wildman–Crippen MR) is 156 cm³/mol. The van der Waals surface area contributed by atoms with Gasteiger partial charge in [-0.3, -0.25) is 4.79 Å². The zero-order valence-corrected chi connectivity index (χ0v) is 23.8. The van der Waals surface area contributed by atoms with Gasteiger partial charge in [0.2, 0.25) is 5.82 Å². The second-order valence-electron chi connectivity index (χ2n) is 9.67. The summed E-state index contributed by atoms with van der Waals surface area (Å²) in [4.78, 5) is 17.4. The Morgan fingerprint density at radius 1 is 1.12 bits per heavy atom. The van der Waals surface area contributed by atoms with E-state index in [0.29, 0.717) is 36.2 Å². The van der Waals surface area contributed by atoms with Crippen LogP contribution < -0.4 is 11.1 Å². The van der Waals surface area contributed by atoms with Crippen LogP contribution in [0.5, 0.6) is 0 Å². The Morgan fingerprint density at radius 2 is 1.90 bits per heavy atom. The molecule has 0 aliphatic rings. The molecule has 40 heavy (non-hydrogen) atoms. The highest BCUT2D eigenvalue weighted by molar-refractivity contribution is 6.30. The number of rotatable bonds is 15. The summed E-state index contributed by atoms with van der Waals surface area (Å²) in [6.45, 7) is 3.37. The van der Waals surface area contributed by atoms with Crippen molar-refractivity contribution in [1.29, 1.82) is 0 Å². The van der Waals surface area contributed by atoms with Crippen LogP contribution in [0.15, 0.2) is 48.5 Å². The molecule has 0 saturated heterocycles. The van der Waals surface area contributed by atoms with Crippen molar-refractivity contribution in [3.8, 4) is 22.5 Å². The predicted octanol–water partition coefficient (Wildman–Crippen LogP) is 4.53. The summed E-state index contributed by atoms with van der Waals surface area (Å²) < 4.78 is 7.80. The minimum Gasteiger partial charge on any atom is -0.458 e. The van der Waals surface area contributed by atoms with Crippen LogP contribution in [0.4, 0.5) is 0 Å². The van der Waals surface area contributed by atoms with Gasteiger partial charge in [-0.25, -0.2) is 4.98 Å². The first-order valence-electron chi connectivity index (χ1n) is 13.8. The third-order valence-corrected chi connectivity index (χ3v) is 7.21. The fourth-order valence-electron chi connectivity index (χ4n) is 4.65. The molecule has 11 heteroatoms. The maximum absolute atomic E-state index is 12.8. The lowest BCUT2D eigenvalue weighted by atomic mass is 9.98. The summed E-state index contributed by atoms with van der Waals surface area (Å²) in [5, 5.41) is 17.9. The first-order chi connectivity index (χ1) is 19.5. The van der Waals surface area contributed by atoms with Gasteiger partial charge < -0.3 is 20.4 Å². The fraction of sp³-hybridized carbons (Fsp3) is 0.414. The summed E-state index contributed by atoms with van der Waals surface area (Å²) in [5.74, 6) is 1.13. The van der Waals surface area contributed by atoms with E-state index in [1.807, 2.05) is 24.3 Å². The second-order valence-corrected chi connectivity index (χ2v) is 10.0. The van der Waals surface area contributed by atoms with Gasteiger partial charge in [-0.1, -0.05) is 79.9 Å². The average Bonchev–Trinajstić information content (AvgIpc) is 3.62. The van der Waals surface area contributed by atoms with E-state index in [4.69, 9.17) is 22.1 Å². The molecular weight excluding hydrogens is 528 g/mol. The molecule has 1 atom stereocenters. The standard InChI is InChI=1S/C29H37ClN8O2/c1-3-4-12-26-33-27(30)25(19-40-29(39)24(32-2)11-7-8-17-31)38(26)18-20-13-15-21(16-14-20)22-9-5-6-10-23(22)28-34-36-37-35-28/h5-6,9-10,13-16,24,32H,3-4,7-8,11-12,17-19,31H2,1-2H3,(H,34,35,36,37)/t24-/m1/s1. The van der Waals surface area contributed by atoms with Crippen molar-refractivity contribution in [2.45, 2.75) is 64.6 Å². The lowest BCUT2D eigenvalue weighted by molar-refractivity contribution is -0.147. The number of carbonyl (C=O) groups is 1. The summed E-state index contributed by atoms with van der Waals surface area (Å²) in [7, 11) is 1.76. The molecule has 4 aromatic rings. The van der Waals surface area contributed by atoms with Crippen molar-refractivity contribution >= 4 is 17.6 Å². The van der Waals surface area contributed by atoms with E-state index in [2.05, 4.69) is 66.7 Å². The van der Waals surface area contributed by atoms with E-state index in [1.54, 1.807) is 7.05 Å².